The number of H-pyrrole nitrogens is 3. The van der Waals surface area contributed by atoms with Crippen molar-refractivity contribution in [1.29, 1.82) is 0 Å². The van der Waals surface area contributed by atoms with Crippen LogP contribution in [0.25, 0.3) is 24.3 Å². The van der Waals surface area contributed by atoms with Gasteiger partial charge in [0.25, 0.3) is 0 Å². The minimum absolute atomic E-state index is 0.00548. The molecule has 0 radical (unpaired) electrons. The van der Waals surface area contributed by atoms with E-state index in [2.05, 4.69) is 119 Å². The van der Waals surface area contributed by atoms with Gasteiger partial charge in [-0.1, -0.05) is 24.3 Å². The van der Waals surface area contributed by atoms with Crippen molar-refractivity contribution in [2.45, 2.75) is 182 Å². The number of ether oxygens (including phenoxy) is 8. The molecule has 12 heteroatoms. The lowest BCUT2D eigenvalue weighted by Crippen LogP contribution is -2.44. The van der Waals surface area contributed by atoms with Crippen molar-refractivity contribution in [1.82, 2.24) is 15.0 Å². The SMILES string of the molecule is CC1(C)OC2C3CC(C4=C3C3=NC4/C=c4\[nH]/c(c5c4C4CC5C5OC(C)(C)OC45)=C\c4[nH]c(c5c4C4C=CC5C5OC(C)(C)OC45)C=c4[nH]c(c5c4C4C=CC5C5OC(C)(C)OC45)=C3)C2O1. The Morgan fingerprint density at radius 1 is 0.424 bits per heavy atom. The van der Waals surface area contributed by atoms with Crippen molar-refractivity contribution in [2.24, 2.45) is 16.8 Å². The van der Waals surface area contributed by atoms with Gasteiger partial charge in [0.2, 0.25) is 0 Å². The molecule has 16 bridgehead atoms. The van der Waals surface area contributed by atoms with Crippen LogP contribution in [0.5, 0.6) is 0 Å². The molecule has 17 atom stereocenters. The van der Waals surface area contributed by atoms with E-state index in [0.717, 1.165) is 51.3 Å². The summed E-state index contributed by atoms with van der Waals surface area (Å²) in [5, 5.41) is 4.49. The molecule has 16 aliphatic rings. The second-order valence-electron chi connectivity index (χ2n) is 23.8. The van der Waals surface area contributed by atoms with E-state index in [1.165, 1.54) is 44.5 Å². The van der Waals surface area contributed by atoms with Gasteiger partial charge in [-0.3, -0.25) is 4.99 Å². The molecule has 19 rings (SSSR count). The predicted octanol–water partition coefficient (Wildman–Crippen LogP) is 4.84. The van der Waals surface area contributed by atoms with Crippen LogP contribution in [0.15, 0.2) is 40.4 Å². The summed E-state index contributed by atoms with van der Waals surface area (Å²) < 4.78 is 54.1. The summed E-state index contributed by atoms with van der Waals surface area (Å²) in [6.07, 6.45) is 20.9. The lowest BCUT2D eigenvalue weighted by molar-refractivity contribution is -0.156. The van der Waals surface area contributed by atoms with E-state index < -0.39 is 23.1 Å². The minimum Gasteiger partial charge on any atom is -0.355 e. The molecular formula is C54H56N4O8. The summed E-state index contributed by atoms with van der Waals surface area (Å²) in [4.78, 5) is 18.0. The summed E-state index contributed by atoms with van der Waals surface area (Å²) in [7, 11) is 0. The lowest BCUT2D eigenvalue weighted by Gasteiger charge is -2.40. The molecule has 3 aromatic heterocycles. The minimum atomic E-state index is -0.673. The zero-order valence-corrected chi connectivity index (χ0v) is 38.6. The number of aromatic nitrogens is 3. The summed E-state index contributed by atoms with van der Waals surface area (Å²) in [5.41, 5.74) is 14.0. The molecule has 3 N–H and O–H groups in total. The van der Waals surface area contributed by atoms with E-state index in [4.69, 9.17) is 42.9 Å². The van der Waals surface area contributed by atoms with Gasteiger partial charge in [0.15, 0.2) is 23.1 Å². The van der Waals surface area contributed by atoms with Crippen molar-refractivity contribution < 1.29 is 37.9 Å². The molecule has 0 spiro atoms. The number of fused-ring (bicyclic) bond motifs is 26. The highest BCUT2D eigenvalue weighted by Gasteiger charge is 2.64. The Morgan fingerprint density at radius 2 is 0.818 bits per heavy atom. The largest absolute Gasteiger partial charge is 0.355 e. The van der Waals surface area contributed by atoms with Crippen molar-refractivity contribution in [3.05, 3.63) is 102 Å². The van der Waals surface area contributed by atoms with Crippen molar-refractivity contribution in [2.75, 3.05) is 0 Å². The fraction of sp³-hybridized carbons (Fsp3) is 0.574. The smallest absolute Gasteiger partial charge is 0.163 e. The molecule has 12 nitrogen and oxygen atoms in total. The number of hydrogen-bond acceptors (Lipinski definition) is 9. The van der Waals surface area contributed by atoms with Crippen LogP contribution < -0.4 is 21.4 Å². The summed E-state index contributed by atoms with van der Waals surface area (Å²) >= 11 is 0. The average Bonchev–Trinajstić information content (AvgIpc) is 4.08. The molecular weight excluding hydrogens is 833 g/mol. The Hall–Kier alpha value is -4.11. The van der Waals surface area contributed by atoms with Gasteiger partial charge in [0, 0.05) is 80.1 Å². The van der Waals surface area contributed by atoms with Gasteiger partial charge < -0.3 is 52.8 Å². The van der Waals surface area contributed by atoms with E-state index >= 15 is 0 Å². The van der Waals surface area contributed by atoms with E-state index in [9.17, 15) is 0 Å². The Balaban J connectivity index is 0.951. The van der Waals surface area contributed by atoms with Crippen LogP contribution in [0.1, 0.15) is 149 Å². The second-order valence-corrected chi connectivity index (χ2v) is 23.8. The van der Waals surface area contributed by atoms with Gasteiger partial charge >= 0.3 is 0 Å². The summed E-state index contributed by atoms with van der Waals surface area (Å²) in [6.45, 7) is 16.5. The molecule has 2 saturated carbocycles. The molecule has 66 heavy (non-hydrogen) atoms. The van der Waals surface area contributed by atoms with Gasteiger partial charge in [-0.2, -0.15) is 0 Å². The number of nitrogens with zero attached hydrogens (tertiary/aromatic N) is 1. The quantitative estimate of drug-likeness (QED) is 0.274. The molecule has 0 aromatic carbocycles. The zero-order chi connectivity index (χ0) is 44.0. The fourth-order valence-electron chi connectivity index (χ4n) is 16.7. The molecule has 3 aromatic rings. The normalized spacial score (nSPS) is 46.1. The van der Waals surface area contributed by atoms with Crippen LogP contribution in [0.3, 0.4) is 0 Å². The maximum Gasteiger partial charge on any atom is 0.163 e. The summed E-state index contributed by atoms with van der Waals surface area (Å²) in [5.74, 6) is -1.61. The second kappa shape index (κ2) is 11.5. The van der Waals surface area contributed by atoms with Gasteiger partial charge in [-0.15, -0.1) is 0 Å². The van der Waals surface area contributed by atoms with Gasteiger partial charge in [0.05, 0.1) is 60.6 Å². The van der Waals surface area contributed by atoms with Crippen LogP contribution in [0.2, 0.25) is 0 Å². The predicted molar refractivity (Wildman–Crippen MR) is 241 cm³/mol. The summed E-state index contributed by atoms with van der Waals surface area (Å²) in [6, 6.07) is -0.152. The highest BCUT2D eigenvalue weighted by atomic mass is 16.8. The van der Waals surface area contributed by atoms with Crippen LogP contribution >= 0.6 is 0 Å². The molecule has 17 unspecified atom stereocenters. The van der Waals surface area contributed by atoms with Gasteiger partial charge in [-0.05, 0) is 137 Å². The Kier molecular flexibility index (Phi) is 6.58. The zero-order valence-electron chi connectivity index (χ0n) is 38.6. The molecule has 6 aliphatic heterocycles. The maximum atomic E-state index is 6.77. The molecule has 0 amide bonds. The van der Waals surface area contributed by atoms with Crippen molar-refractivity contribution in [3.8, 4) is 0 Å². The van der Waals surface area contributed by atoms with E-state index in [1.807, 2.05) is 0 Å². The third-order valence-electron chi connectivity index (χ3n) is 18.4. The van der Waals surface area contributed by atoms with E-state index in [0.29, 0.717) is 0 Å². The monoisotopic (exact) mass is 888 g/mol. The number of aliphatic imine (C=N–C) groups is 1. The third-order valence-corrected chi connectivity index (χ3v) is 18.4. The van der Waals surface area contributed by atoms with Crippen LogP contribution in [-0.2, 0) is 37.9 Å². The lowest BCUT2D eigenvalue weighted by atomic mass is 9.68. The third kappa shape index (κ3) is 4.54. The first-order valence-corrected chi connectivity index (χ1v) is 24.8. The van der Waals surface area contributed by atoms with E-state index in [1.54, 1.807) is 0 Å². The number of rotatable bonds is 0. The van der Waals surface area contributed by atoms with Gasteiger partial charge in [0.1, 0.15) is 0 Å². The highest BCUT2D eigenvalue weighted by Crippen LogP contribution is 2.61. The first kappa shape index (κ1) is 37.8. The molecule has 10 aliphatic carbocycles. The highest BCUT2D eigenvalue weighted by molar-refractivity contribution is 6.23. The van der Waals surface area contributed by atoms with E-state index in [-0.39, 0.29) is 102 Å². The Bertz CT molecular complexity index is 3230. The Morgan fingerprint density at radius 3 is 1.35 bits per heavy atom. The van der Waals surface area contributed by atoms with Crippen molar-refractivity contribution in [3.63, 3.8) is 0 Å². The van der Waals surface area contributed by atoms with Crippen LogP contribution in [0, 0.1) is 11.8 Å². The van der Waals surface area contributed by atoms with Gasteiger partial charge in [-0.25, -0.2) is 0 Å². The first-order chi connectivity index (χ1) is 31.6. The average molecular weight is 889 g/mol. The standard InChI is InChI=1S/C54H56N4O8/c1-51(2)59-43-19-9-11-21(45(43)61-51)37-29-16-31-39-23-13-25(49-47(23)63-53(5,6)65-49)41(39)33(57-31)18-34-42-26-14-24(48-50(26)66-54(7,8)64-48)40(42)32(58-34)17-30-38-22-12-10-20(44-46(22)62-52(3,4)60-44)36(38)28(56-30)15-27(55-29)35(19)37/h9-12,15-26,33,43-50,55-56,58H,13-14H2,1-8H3/b27-15?,29-16?,32-17-,34-18-. The number of nitrogens with one attached hydrogen (secondary N) is 3. The van der Waals surface area contributed by atoms with Crippen LogP contribution in [0.4, 0.5) is 0 Å². The van der Waals surface area contributed by atoms with Crippen molar-refractivity contribution >= 4 is 30.0 Å². The first-order valence-electron chi connectivity index (χ1n) is 24.8. The molecule has 4 saturated heterocycles. The molecule has 9 heterocycles. The fourth-order valence-corrected chi connectivity index (χ4v) is 16.7. The topological polar surface area (TPSA) is 134 Å². The number of hydrogen-bond donors (Lipinski definition) is 3. The van der Waals surface area contributed by atoms with Crippen LogP contribution in [-0.4, -0.2) is 98.7 Å². The number of aromatic amines is 3. The Labute approximate surface area is 381 Å². The maximum absolute atomic E-state index is 6.77. The molecule has 340 valence electrons. The molecule has 6 fully saturated rings.